The first-order chi connectivity index (χ1) is 21.1. The number of piperidine rings is 1. The van der Waals surface area contributed by atoms with Crippen LogP contribution >= 0.6 is 0 Å². The highest BCUT2D eigenvalue weighted by atomic mass is 17.1. The monoisotopic (exact) mass is 634 g/mol. The molecule has 1 aromatic rings. The minimum Gasteiger partial charge on any atom is -0.510 e. The molecule has 7 atom stereocenters. The number of rotatable bonds is 7. The van der Waals surface area contributed by atoms with Crippen molar-refractivity contribution in [1.82, 2.24) is 20.5 Å². The number of carbonyl (C=O) groups is 3. The van der Waals surface area contributed by atoms with Crippen LogP contribution in [0, 0.1) is 11.8 Å². The molecule has 0 bridgehead atoms. The van der Waals surface area contributed by atoms with Crippen LogP contribution in [0.4, 0.5) is 0 Å². The van der Waals surface area contributed by atoms with Crippen LogP contribution in [-0.4, -0.2) is 131 Å². The number of nitrogens with one attached hydrogen (secondary N) is 1. The molecule has 0 aromatic heterocycles. The smallest absolute Gasteiger partial charge is 0.259 e. The molecular weight excluding hydrogens is 596 g/mol. The molecule has 5 rings (SSSR count). The van der Waals surface area contributed by atoms with Crippen molar-refractivity contribution in [3.8, 4) is 5.75 Å². The fourth-order valence-electron chi connectivity index (χ4n) is 7.46. The van der Waals surface area contributed by atoms with E-state index in [4.69, 9.17) is 15.3 Å². The molecule has 1 aliphatic heterocycles. The number of likely N-dealkylation sites (N-methyl/N-ethyl adjacent to an activating group) is 1. The maximum atomic E-state index is 14.0. The van der Waals surface area contributed by atoms with E-state index < -0.39 is 86.5 Å². The summed E-state index contributed by atoms with van der Waals surface area (Å²) >= 11 is 0. The number of carbonyl (C=O) groups excluding carboxylic acids is 3. The van der Waals surface area contributed by atoms with Gasteiger partial charge in [0.15, 0.2) is 11.4 Å². The second kappa shape index (κ2) is 11.7. The fraction of sp³-hybridized carbons (Fsp3) is 0.552. The van der Waals surface area contributed by atoms with Crippen molar-refractivity contribution < 1.29 is 60.3 Å². The average Bonchev–Trinajstić information content (AvgIpc) is 2.97. The number of hydrogen-bond donors (Lipinski definition) is 9. The van der Waals surface area contributed by atoms with Gasteiger partial charge in [-0.15, -0.1) is 0 Å². The summed E-state index contributed by atoms with van der Waals surface area (Å²) in [7, 11) is 2.88. The van der Waals surface area contributed by atoms with E-state index in [-0.39, 0.29) is 30.4 Å². The van der Waals surface area contributed by atoms with Crippen molar-refractivity contribution >= 4 is 17.5 Å². The lowest BCUT2D eigenvalue weighted by Gasteiger charge is -2.55. The molecule has 0 radical (unpaired) electrons. The van der Waals surface area contributed by atoms with Crippen molar-refractivity contribution in [2.45, 2.75) is 55.6 Å². The van der Waals surface area contributed by atoms with E-state index in [1.165, 1.54) is 44.1 Å². The second-order valence-electron chi connectivity index (χ2n) is 12.4. The van der Waals surface area contributed by atoms with Gasteiger partial charge in [-0.3, -0.25) is 34.6 Å². The third-order valence-electron chi connectivity index (χ3n) is 9.59. The van der Waals surface area contributed by atoms with E-state index >= 15 is 0 Å². The number of phenols is 1. The van der Waals surface area contributed by atoms with Gasteiger partial charge in [0, 0.05) is 12.6 Å². The standard InChI is InChI=1S/C29H38N4O12/c1-28(41)14-8-6-9-15(34)16(14)22(35)17-19(28)24(37)20-21(31(2)3)23(36)18(26(39)29(20,42)25(17)38)27(40)30-12-32-10-5-4-7-13(32)11-45-33(43)44/h6,8-9,13,19-21,24,34,36-38,41-44H,4-5,7,10-12H2,1-3H3,(H,30,40)/t13?,19-,20-,21+,24+,28?,29+/m1/s1. The van der Waals surface area contributed by atoms with E-state index in [1.54, 1.807) is 4.90 Å². The first kappa shape index (κ1) is 32.9. The minimum absolute atomic E-state index is 0.0472. The quantitative estimate of drug-likeness (QED) is 0.132. The maximum Gasteiger partial charge on any atom is 0.259 e. The Kier molecular flexibility index (Phi) is 8.58. The molecular formula is C29H38N4O12. The Balaban J connectivity index is 1.56. The lowest BCUT2D eigenvalue weighted by molar-refractivity contribution is -0.494. The highest BCUT2D eigenvalue weighted by Gasteiger charge is 2.69. The fourth-order valence-corrected chi connectivity index (χ4v) is 7.46. The van der Waals surface area contributed by atoms with Gasteiger partial charge in [-0.05, 0) is 45.5 Å². The number of likely N-dealkylation sites (tertiary alicyclic amines) is 1. The number of fused-ring (bicyclic) bond motifs is 3. The van der Waals surface area contributed by atoms with Gasteiger partial charge >= 0.3 is 0 Å². The number of nitrogens with zero attached hydrogens (tertiary/aromatic N) is 3. The molecule has 1 fully saturated rings. The molecule has 0 spiro atoms. The normalized spacial score (nSPS) is 33.8. The van der Waals surface area contributed by atoms with Crippen LogP contribution in [0.2, 0.25) is 0 Å². The Morgan fingerprint density at radius 2 is 1.82 bits per heavy atom. The summed E-state index contributed by atoms with van der Waals surface area (Å²) in [5.41, 5.74) is -7.24. The number of aromatic hydroxyl groups is 1. The number of aliphatic hydroxyl groups is 5. The van der Waals surface area contributed by atoms with E-state index in [0.29, 0.717) is 13.0 Å². The van der Waals surface area contributed by atoms with Gasteiger partial charge in [-0.1, -0.05) is 18.6 Å². The zero-order valence-electron chi connectivity index (χ0n) is 24.9. The number of Topliss-reactive ketones (excluding diaryl/α,β-unsaturated/α-hetero) is 2. The van der Waals surface area contributed by atoms with Crippen LogP contribution < -0.4 is 5.32 Å². The van der Waals surface area contributed by atoms with E-state index in [0.717, 1.165) is 12.8 Å². The topological polar surface area (TPSA) is 244 Å². The third kappa shape index (κ3) is 5.02. The third-order valence-corrected chi connectivity index (χ3v) is 9.59. The predicted molar refractivity (Wildman–Crippen MR) is 150 cm³/mol. The van der Waals surface area contributed by atoms with Crippen LogP contribution in [0.1, 0.15) is 42.1 Å². The highest BCUT2D eigenvalue weighted by Crippen LogP contribution is 2.56. The SMILES string of the molecule is CN(C)[C@@H]1C(O)=C(C(=O)NCN2CCCCC2CON(O)O)C(=O)[C@@]2(O)C(O)=C3C(=O)c4c(O)cccc4C(C)(O)[C@H]3[C@H](O)[C@@H]12. The summed E-state index contributed by atoms with van der Waals surface area (Å²) in [4.78, 5) is 49.1. The minimum atomic E-state index is -3.10. The lowest BCUT2D eigenvalue weighted by Crippen LogP contribution is -2.70. The first-order valence-electron chi connectivity index (χ1n) is 14.5. The van der Waals surface area contributed by atoms with Crippen LogP contribution in [0.3, 0.4) is 0 Å². The zero-order chi connectivity index (χ0) is 33.2. The van der Waals surface area contributed by atoms with Gasteiger partial charge in [-0.2, -0.15) is 0 Å². The summed E-state index contributed by atoms with van der Waals surface area (Å²) in [5, 5.41) is 88.9. The number of ketones is 2. The van der Waals surface area contributed by atoms with Gasteiger partial charge in [0.05, 0.1) is 59.4 Å². The molecule has 45 heavy (non-hydrogen) atoms. The van der Waals surface area contributed by atoms with Crippen LogP contribution in [0.15, 0.2) is 40.9 Å². The molecule has 16 heteroatoms. The Morgan fingerprint density at radius 3 is 2.47 bits per heavy atom. The second-order valence-corrected chi connectivity index (χ2v) is 12.4. The van der Waals surface area contributed by atoms with Gasteiger partial charge in [0.2, 0.25) is 5.78 Å². The molecule has 4 aliphatic rings. The molecule has 3 aliphatic carbocycles. The molecule has 1 amide bonds. The number of benzene rings is 1. The van der Waals surface area contributed by atoms with E-state index in [1.807, 2.05) is 0 Å². The van der Waals surface area contributed by atoms with Crippen molar-refractivity contribution in [3.63, 3.8) is 0 Å². The molecule has 1 saturated heterocycles. The largest absolute Gasteiger partial charge is 0.510 e. The molecule has 0 saturated carbocycles. The van der Waals surface area contributed by atoms with Crippen molar-refractivity contribution in [1.29, 1.82) is 0 Å². The first-order valence-corrected chi connectivity index (χ1v) is 14.5. The molecule has 1 heterocycles. The van der Waals surface area contributed by atoms with Gasteiger partial charge in [0.1, 0.15) is 22.8 Å². The van der Waals surface area contributed by atoms with Crippen LogP contribution in [0.25, 0.3) is 0 Å². The van der Waals surface area contributed by atoms with Gasteiger partial charge < -0.3 is 36.0 Å². The highest BCUT2D eigenvalue weighted by molar-refractivity contribution is 6.25. The van der Waals surface area contributed by atoms with Crippen LogP contribution in [-0.2, 0) is 20.0 Å². The molecule has 9 N–H and O–H groups in total. The summed E-state index contributed by atoms with van der Waals surface area (Å²) in [5.74, 6) is -9.54. The van der Waals surface area contributed by atoms with E-state index in [9.17, 15) is 45.0 Å². The molecule has 246 valence electrons. The van der Waals surface area contributed by atoms with Gasteiger partial charge in [-0.25, -0.2) is 4.84 Å². The van der Waals surface area contributed by atoms with Crippen molar-refractivity contribution in [2.24, 2.45) is 11.8 Å². The number of hydrogen-bond acceptors (Lipinski definition) is 15. The molecule has 16 nitrogen and oxygen atoms in total. The summed E-state index contributed by atoms with van der Waals surface area (Å²) in [6, 6.07) is 2.12. The summed E-state index contributed by atoms with van der Waals surface area (Å²) in [6.45, 7) is 1.44. The van der Waals surface area contributed by atoms with E-state index in [2.05, 4.69) is 5.32 Å². The Labute approximate surface area is 257 Å². The summed E-state index contributed by atoms with van der Waals surface area (Å²) < 4.78 is 0. The Hall–Kier alpha value is -3.45. The Bertz CT molecular complexity index is 1470. The van der Waals surface area contributed by atoms with Gasteiger partial charge in [0.25, 0.3) is 5.91 Å². The summed E-state index contributed by atoms with van der Waals surface area (Å²) in [6.07, 6.45) is 0.231. The molecule has 1 aromatic carbocycles. The predicted octanol–water partition coefficient (Wildman–Crippen LogP) is -0.789. The molecule has 2 unspecified atom stereocenters. The average molecular weight is 635 g/mol. The van der Waals surface area contributed by atoms with Crippen molar-refractivity contribution in [3.05, 3.63) is 52.0 Å². The number of aliphatic hydroxyl groups excluding tert-OH is 3. The Morgan fingerprint density at radius 1 is 1.13 bits per heavy atom. The zero-order valence-corrected chi connectivity index (χ0v) is 24.9. The van der Waals surface area contributed by atoms with Crippen molar-refractivity contribution in [2.75, 3.05) is 33.9 Å². The lowest BCUT2D eigenvalue weighted by atomic mass is 9.54. The number of phenolic OH excluding ortho intramolecular Hbond substituents is 1. The maximum absolute atomic E-state index is 14.0. The van der Waals surface area contributed by atoms with Crippen LogP contribution in [0.5, 0.6) is 5.75 Å². The number of amides is 1.